The van der Waals surface area contributed by atoms with Gasteiger partial charge in [-0.2, -0.15) is 4.57 Å². The summed E-state index contributed by atoms with van der Waals surface area (Å²) < 4.78 is 1.41. The first-order valence-corrected chi connectivity index (χ1v) is 5.15. The lowest BCUT2D eigenvalue weighted by Crippen LogP contribution is -2.35. The number of hydrogen-bond donors (Lipinski definition) is 2. The molecule has 2 heterocycles. The van der Waals surface area contributed by atoms with E-state index in [2.05, 4.69) is 4.98 Å². The molecule has 0 atom stereocenters. The summed E-state index contributed by atoms with van der Waals surface area (Å²) in [6, 6.07) is 4.20. The molecule has 0 saturated carbocycles. The molecule has 2 aromatic heterocycles. The Bertz CT molecular complexity index is 650. The van der Waals surface area contributed by atoms with Crippen LogP contribution in [0.5, 0.6) is 5.88 Å². The molecule has 0 amide bonds. The van der Waals surface area contributed by atoms with Crippen LogP contribution in [-0.2, 0) is 0 Å². The Hall–Kier alpha value is -2.63. The molecular weight excluding hydrogens is 236 g/mol. The predicted molar refractivity (Wildman–Crippen MR) is 59.3 cm³/mol. The summed E-state index contributed by atoms with van der Waals surface area (Å²) in [4.78, 5) is 24.1. The SMILES string of the molecule is Cc1cc(=O)[nH]c(O)c1-[n+]1cccc(C(=O)[O-])c1. The highest BCUT2D eigenvalue weighted by molar-refractivity contribution is 5.84. The summed E-state index contributed by atoms with van der Waals surface area (Å²) >= 11 is 0. The smallest absolute Gasteiger partial charge is 0.274 e. The molecule has 0 fully saturated rings. The Morgan fingerprint density at radius 3 is 2.83 bits per heavy atom. The normalized spacial score (nSPS) is 10.3. The van der Waals surface area contributed by atoms with Gasteiger partial charge in [0.05, 0.1) is 11.5 Å². The van der Waals surface area contributed by atoms with Gasteiger partial charge in [-0.05, 0) is 13.0 Å². The number of H-pyrrole nitrogens is 1. The average molecular weight is 246 g/mol. The Kier molecular flexibility index (Phi) is 2.85. The standard InChI is InChI=1S/C12H10N2O4/c1-7-5-9(15)13-11(16)10(7)14-4-2-3-8(6-14)12(17)18/h2-6H,1H3,(H2-,13,15,16,17,18). The van der Waals surface area contributed by atoms with E-state index in [1.807, 2.05) is 0 Å². The minimum atomic E-state index is -1.31. The number of aromatic nitrogens is 2. The van der Waals surface area contributed by atoms with Gasteiger partial charge >= 0.3 is 0 Å². The van der Waals surface area contributed by atoms with E-state index in [0.29, 0.717) is 11.3 Å². The van der Waals surface area contributed by atoms with Crippen LogP contribution in [0.3, 0.4) is 0 Å². The molecule has 0 bridgehead atoms. The van der Waals surface area contributed by atoms with E-state index in [1.54, 1.807) is 13.1 Å². The van der Waals surface area contributed by atoms with E-state index >= 15 is 0 Å². The van der Waals surface area contributed by atoms with Gasteiger partial charge in [0, 0.05) is 17.7 Å². The van der Waals surface area contributed by atoms with Crippen LogP contribution >= 0.6 is 0 Å². The van der Waals surface area contributed by atoms with E-state index < -0.39 is 11.5 Å². The minimum Gasteiger partial charge on any atom is -0.545 e. The van der Waals surface area contributed by atoms with Crippen LogP contribution in [0.25, 0.3) is 5.69 Å². The van der Waals surface area contributed by atoms with Crippen molar-refractivity contribution in [2.45, 2.75) is 6.92 Å². The van der Waals surface area contributed by atoms with Crippen LogP contribution < -0.4 is 15.2 Å². The molecular formula is C12H10N2O4. The second-order valence-corrected chi connectivity index (χ2v) is 3.80. The number of carbonyl (C=O) groups excluding carboxylic acids is 1. The second-order valence-electron chi connectivity index (χ2n) is 3.80. The third-order valence-electron chi connectivity index (χ3n) is 2.48. The van der Waals surface area contributed by atoms with E-state index in [0.717, 1.165) is 0 Å². The van der Waals surface area contributed by atoms with Crippen molar-refractivity contribution < 1.29 is 19.6 Å². The molecule has 0 radical (unpaired) electrons. The lowest BCUT2D eigenvalue weighted by molar-refractivity contribution is -0.597. The second kappa shape index (κ2) is 4.33. The summed E-state index contributed by atoms with van der Waals surface area (Å²) in [6.45, 7) is 1.64. The van der Waals surface area contributed by atoms with Crippen LogP contribution in [0.2, 0.25) is 0 Å². The van der Waals surface area contributed by atoms with Crippen molar-refractivity contribution in [1.29, 1.82) is 0 Å². The molecule has 18 heavy (non-hydrogen) atoms. The fraction of sp³-hybridized carbons (Fsp3) is 0.0833. The third-order valence-corrected chi connectivity index (χ3v) is 2.48. The Morgan fingerprint density at radius 1 is 1.50 bits per heavy atom. The van der Waals surface area contributed by atoms with Gasteiger partial charge in [-0.15, -0.1) is 0 Å². The van der Waals surface area contributed by atoms with Crippen LogP contribution in [0, 0.1) is 6.92 Å². The molecule has 6 nitrogen and oxygen atoms in total. The van der Waals surface area contributed by atoms with Crippen molar-refractivity contribution in [2.24, 2.45) is 0 Å². The number of aryl methyl sites for hydroxylation is 1. The van der Waals surface area contributed by atoms with E-state index in [1.165, 1.54) is 29.0 Å². The fourth-order valence-electron chi connectivity index (χ4n) is 1.72. The number of aromatic amines is 1. The molecule has 6 heteroatoms. The van der Waals surface area contributed by atoms with Gasteiger partial charge < -0.3 is 15.0 Å². The summed E-state index contributed by atoms with van der Waals surface area (Å²) in [5.74, 6) is -1.63. The minimum absolute atomic E-state index is 0.0255. The van der Waals surface area contributed by atoms with Crippen molar-refractivity contribution in [3.8, 4) is 11.6 Å². The van der Waals surface area contributed by atoms with Crippen LogP contribution in [0.4, 0.5) is 0 Å². The van der Waals surface area contributed by atoms with E-state index in [9.17, 15) is 19.8 Å². The molecule has 0 spiro atoms. The number of carbonyl (C=O) groups is 1. The lowest BCUT2D eigenvalue weighted by atomic mass is 10.2. The van der Waals surface area contributed by atoms with Crippen molar-refractivity contribution >= 4 is 5.97 Å². The van der Waals surface area contributed by atoms with Gasteiger partial charge in [-0.3, -0.25) is 9.78 Å². The maximum absolute atomic E-state index is 11.1. The Balaban J connectivity index is 2.66. The summed E-state index contributed by atoms with van der Waals surface area (Å²) in [5.41, 5.74) is 0.391. The maximum Gasteiger partial charge on any atom is 0.274 e. The first-order valence-electron chi connectivity index (χ1n) is 5.15. The molecule has 0 aliphatic rings. The summed E-state index contributed by atoms with van der Waals surface area (Å²) in [6.07, 6.45) is 2.86. The molecule has 0 aliphatic heterocycles. The fourth-order valence-corrected chi connectivity index (χ4v) is 1.72. The molecule has 92 valence electrons. The zero-order chi connectivity index (χ0) is 13.3. The topological polar surface area (TPSA) is 97.1 Å². The first kappa shape index (κ1) is 11.8. The zero-order valence-electron chi connectivity index (χ0n) is 9.51. The molecule has 2 rings (SSSR count). The Morgan fingerprint density at radius 2 is 2.22 bits per heavy atom. The monoisotopic (exact) mass is 246 g/mol. The number of rotatable bonds is 2. The molecule has 0 saturated heterocycles. The van der Waals surface area contributed by atoms with Gasteiger partial charge in [0.15, 0.2) is 12.4 Å². The maximum atomic E-state index is 11.1. The number of nitrogens with zero attached hydrogens (tertiary/aromatic N) is 1. The number of carboxylic acid groups (broad SMARTS) is 1. The van der Waals surface area contributed by atoms with Crippen LogP contribution in [0.1, 0.15) is 15.9 Å². The molecule has 0 unspecified atom stereocenters. The quantitative estimate of drug-likeness (QED) is 0.666. The first-order chi connectivity index (χ1) is 8.49. The van der Waals surface area contributed by atoms with Gasteiger partial charge in [0.25, 0.3) is 17.1 Å². The number of hydrogen-bond acceptors (Lipinski definition) is 4. The summed E-state index contributed by atoms with van der Waals surface area (Å²) in [5, 5.41) is 20.5. The highest BCUT2D eigenvalue weighted by atomic mass is 16.4. The average Bonchev–Trinajstić information content (AvgIpc) is 2.28. The lowest BCUT2D eigenvalue weighted by Gasteiger charge is -2.04. The number of nitrogens with one attached hydrogen (secondary N) is 1. The zero-order valence-corrected chi connectivity index (χ0v) is 9.51. The van der Waals surface area contributed by atoms with Crippen molar-refractivity contribution in [3.05, 3.63) is 52.1 Å². The summed E-state index contributed by atoms with van der Waals surface area (Å²) in [7, 11) is 0. The molecule has 0 aromatic carbocycles. The number of pyridine rings is 2. The number of aromatic carboxylic acids is 1. The Labute approximate surface area is 102 Å². The van der Waals surface area contributed by atoms with Crippen molar-refractivity contribution in [3.63, 3.8) is 0 Å². The van der Waals surface area contributed by atoms with Crippen molar-refractivity contribution in [1.82, 2.24) is 4.98 Å². The molecule has 0 aliphatic carbocycles. The van der Waals surface area contributed by atoms with Crippen molar-refractivity contribution in [2.75, 3.05) is 0 Å². The molecule has 2 aromatic rings. The van der Waals surface area contributed by atoms with Crippen LogP contribution in [-0.4, -0.2) is 16.1 Å². The van der Waals surface area contributed by atoms with Gasteiger partial charge in [0.2, 0.25) is 0 Å². The highest BCUT2D eigenvalue weighted by Gasteiger charge is 2.17. The van der Waals surface area contributed by atoms with E-state index in [4.69, 9.17) is 0 Å². The van der Waals surface area contributed by atoms with E-state index in [-0.39, 0.29) is 11.4 Å². The van der Waals surface area contributed by atoms with Gasteiger partial charge in [-0.25, -0.2) is 0 Å². The van der Waals surface area contributed by atoms with Crippen LogP contribution in [0.15, 0.2) is 35.4 Å². The number of carboxylic acids is 1. The van der Waals surface area contributed by atoms with Gasteiger partial charge in [0.1, 0.15) is 0 Å². The van der Waals surface area contributed by atoms with Gasteiger partial charge in [-0.1, -0.05) is 0 Å². The molecule has 2 N–H and O–H groups in total. The largest absolute Gasteiger partial charge is 0.545 e. The number of aromatic hydroxyl groups is 1. The predicted octanol–water partition coefficient (Wildman–Crippen LogP) is -0.971. The third kappa shape index (κ3) is 2.08. The highest BCUT2D eigenvalue weighted by Crippen LogP contribution is 2.14.